The van der Waals surface area contributed by atoms with Crippen molar-refractivity contribution in [3.8, 4) is 11.3 Å². The van der Waals surface area contributed by atoms with Gasteiger partial charge < -0.3 is 10.2 Å². The molecule has 1 atom stereocenters. The summed E-state index contributed by atoms with van der Waals surface area (Å²) in [5.41, 5.74) is 2.38. The molecule has 3 aromatic heterocycles. The van der Waals surface area contributed by atoms with Crippen molar-refractivity contribution in [2.75, 3.05) is 37.6 Å². The van der Waals surface area contributed by atoms with Crippen LogP contribution < -0.4 is 10.2 Å². The second-order valence-electron chi connectivity index (χ2n) is 8.66. The van der Waals surface area contributed by atoms with E-state index in [0.717, 1.165) is 18.1 Å². The Hall–Kier alpha value is -3.24. The van der Waals surface area contributed by atoms with Crippen LogP contribution in [0.4, 0.5) is 10.2 Å². The van der Waals surface area contributed by atoms with Crippen LogP contribution in [-0.4, -0.2) is 75.3 Å². The van der Waals surface area contributed by atoms with E-state index in [4.69, 9.17) is 9.97 Å². The summed E-state index contributed by atoms with van der Waals surface area (Å²) in [5.74, 6) is 0.383. The monoisotopic (exact) mass is 509 g/mol. The number of anilines is 1. The van der Waals surface area contributed by atoms with Crippen LogP contribution in [0.3, 0.4) is 0 Å². The van der Waals surface area contributed by atoms with E-state index in [1.165, 1.54) is 11.8 Å². The summed E-state index contributed by atoms with van der Waals surface area (Å²) in [6, 6.07) is 5.57. The Balaban J connectivity index is 1.66. The average Bonchev–Trinajstić information content (AvgIpc) is 3.29. The Morgan fingerprint density at radius 1 is 1.33 bits per heavy atom. The predicted molar refractivity (Wildman–Crippen MR) is 143 cm³/mol. The molecule has 0 aliphatic carbocycles. The molecule has 10 heteroatoms. The third kappa shape index (κ3) is 5.76. The molecule has 1 aliphatic heterocycles. The van der Waals surface area contributed by atoms with E-state index in [2.05, 4.69) is 42.7 Å². The van der Waals surface area contributed by atoms with Crippen LogP contribution in [0.5, 0.6) is 0 Å². The minimum atomic E-state index is -0.885. The number of aromatic nitrogens is 4. The fraction of sp³-hybridized carbons (Fsp3) is 0.385. The molecular formula is C26H32FN7OS. The first kappa shape index (κ1) is 25.8. The van der Waals surface area contributed by atoms with Crippen molar-refractivity contribution in [2.45, 2.75) is 38.0 Å². The van der Waals surface area contributed by atoms with Crippen molar-refractivity contribution in [2.24, 2.45) is 0 Å². The molecule has 36 heavy (non-hydrogen) atoms. The molecule has 3 aromatic rings. The summed E-state index contributed by atoms with van der Waals surface area (Å²) >= 11 is 1.47. The number of halogens is 1. The lowest BCUT2D eigenvalue weighted by atomic mass is 10.1. The number of carbonyl (C=O) groups is 1. The third-order valence-electron chi connectivity index (χ3n) is 6.25. The lowest BCUT2D eigenvalue weighted by molar-refractivity contribution is 0.0938. The van der Waals surface area contributed by atoms with Crippen LogP contribution in [0.15, 0.2) is 59.8 Å². The molecule has 1 amide bonds. The Bertz CT molecular complexity index is 1250. The van der Waals surface area contributed by atoms with Gasteiger partial charge in [-0.25, -0.2) is 18.9 Å². The predicted octanol–water partition coefficient (Wildman–Crippen LogP) is 4.20. The number of pyridine rings is 1. The van der Waals surface area contributed by atoms with Gasteiger partial charge in [-0.3, -0.25) is 9.69 Å². The topological polar surface area (TPSA) is 78.7 Å². The lowest BCUT2D eigenvalue weighted by Gasteiger charge is -2.35. The van der Waals surface area contributed by atoms with Crippen molar-refractivity contribution in [3.05, 3.63) is 60.3 Å². The number of fused-ring (bicyclic) bond motifs is 1. The van der Waals surface area contributed by atoms with Gasteiger partial charge in [0.15, 0.2) is 5.65 Å². The highest BCUT2D eigenvalue weighted by molar-refractivity contribution is 8.02. The lowest BCUT2D eigenvalue weighted by Crippen LogP contribution is -2.49. The normalized spacial score (nSPS) is 15.0. The number of thioether (sulfide) groups is 1. The van der Waals surface area contributed by atoms with Gasteiger partial charge in [0.05, 0.1) is 30.5 Å². The number of nitrogens with one attached hydrogen (secondary N) is 1. The molecule has 1 N–H and O–H groups in total. The summed E-state index contributed by atoms with van der Waals surface area (Å²) in [6.45, 7) is 12.9. The van der Waals surface area contributed by atoms with Crippen LogP contribution in [0, 0.1) is 0 Å². The molecule has 1 fully saturated rings. The number of likely N-dealkylation sites (N-methyl/N-ethyl adjacent to an activating group) is 1. The van der Waals surface area contributed by atoms with Gasteiger partial charge in [-0.2, -0.15) is 5.10 Å². The van der Waals surface area contributed by atoms with Gasteiger partial charge in [0.25, 0.3) is 5.91 Å². The van der Waals surface area contributed by atoms with E-state index in [9.17, 15) is 9.18 Å². The van der Waals surface area contributed by atoms with E-state index in [-0.39, 0.29) is 25.0 Å². The first-order valence-electron chi connectivity index (χ1n) is 12.2. The number of carbonyl (C=O) groups excluding carboxylic acids is 1. The van der Waals surface area contributed by atoms with Crippen molar-refractivity contribution in [1.82, 2.24) is 29.8 Å². The number of allylic oxidation sites excluding steroid dienone is 2. The zero-order valence-electron chi connectivity index (χ0n) is 20.9. The minimum Gasteiger partial charge on any atom is -0.351 e. The van der Waals surface area contributed by atoms with Crippen LogP contribution in [-0.2, 0) is 0 Å². The Kier molecular flexibility index (Phi) is 8.37. The summed E-state index contributed by atoms with van der Waals surface area (Å²) in [7, 11) is 0. The third-order valence-corrected chi connectivity index (χ3v) is 7.01. The highest BCUT2D eigenvalue weighted by Gasteiger charge is 2.29. The van der Waals surface area contributed by atoms with E-state index in [1.807, 2.05) is 28.6 Å². The minimum absolute atomic E-state index is 0.188. The Morgan fingerprint density at radius 3 is 2.81 bits per heavy atom. The molecular weight excluding hydrogens is 477 g/mol. The molecule has 0 saturated carbocycles. The average molecular weight is 510 g/mol. The van der Waals surface area contributed by atoms with Crippen molar-refractivity contribution in [1.29, 1.82) is 0 Å². The molecule has 0 spiro atoms. The van der Waals surface area contributed by atoms with Crippen LogP contribution in [0.2, 0.25) is 0 Å². The fourth-order valence-electron chi connectivity index (χ4n) is 4.14. The van der Waals surface area contributed by atoms with Gasteiger partial charge in [0.1, 0.15) is 17.0 Å². The molecule has 0 radical (unpaired) electrons. The van der Waals surface area contributed by atoms with Crippen LogP contribution in [0.1, 0.15) is 31.1 Å². The zero-order chi connectivity index (χ0) is 25.7. The highest BCUT2D eigenvalue weighted by atomic mass is 32.2. The van der Waals surface area contributed by atoms with E-state index in [1.54, 1.807) is 28.9 Å². The Labute approximate surface area is 215 Å². The first-order valence-corrected chi connectivity index (χ1v) is 13.0. The highest BCUT2D eigenvalue weighted by Crippen LogP contribution is 2.29. The molecule has 190 valence electrons. The number of alkyl halides is 1. The number of hydrogen-bond donors (Lipinski definition) is 1. The summed E-state index contributed by atoms with van der Waals surface area (Å²) < 4.78 is 15.3. The summed E-state index contributed by atoms with van der Waals surface area (Å²) in [6.07, 6.45) is 6.20. The largest absolute Gasteiger partial charge is 0.351 e. The van der Waals surface area contributed by atoms with E-state index < -0.39 is 6.17 Å². The SMILES string of the molecule is C=C/C=C\Sc1ccn2ncc(-c3cc(C(=O)NC[C@H](C)N(CC)CC)cc(N4CC(F)C4)n3)c2n1. The summed E-state index contributed by atoms with van der Waals surface area (Å²) in [4.78, 5) is 26.8. The van der Waals surface area contributed by atoms with Crippen LogP contribution in [0.25, 0.3) is 16.9 Å². The fourth-order valence-corrected chi connectivity index (χ4v) is 4.75. The van der Waals surface area contributed by atoms with Crippen molar-refractivity contribution >= 4 is 29.1 Å². The van der Waals surface area contributed by atoms with Crippen molar-refractivity contribution < 1.29 is 9.18 Å². The molecule has 1 saturated heterocycles. The molecule has 0 aromatic carbocycles. The molecule has 0 unspecified atom stereocenters. The van der Waals surface area contributed by atoms with Crippen molar-refractivity contribution in [3.63, 3.8) is 0 Å². The van der Waals surface area contributed by atoms with Gasteiger partial charge in [-0.05, 0) is 43.6 Å². The summed E-state index contributed by atoms with van der Waals surface area (Å²) in [5, 5.41) is 10.2. The van der Waals surface area contributed by atoms with Crippen LogP contribution >= 0.6 is 11.8 Å². The standard InChI is InChI=1S/C26H32FN7OS/c1-5-8-11-36-24-9-10-34-25(31-24)21(15-29-34)22-12-19(13-23(30-22)33-16-20(27)17-33)26(35)28-14-18(4)32(6-2)7-3/h5,8-13,15,18,20H,1,6-7,14,16-17H2,2-4H3,(H,28,35)/b11-8-/t18-/m0/s1. The Morgan fingerprint density at radius 2 is 2.11 bits per heavy atom. The maximum Gasteiger partial charge on any atom is 0.251 e. The quantitative estimate of drug-likeness (QED) is 0.236. The van der Waals surface area contributed by atoms with Gasteiger partial charge >= 0.3 is 0 Å². The van der Waals surface area contributed by atoms with Gasteiger partial charge in [0.2, 0.25) is 0 Å². The maximum absolute atomic E-state index is 13.6. The van der Waals surface area contributed by atoms with Gasteiger partial charge in [-0.1, -0.05) is 44.3 Å². The van der Waals surface area contributed by atoms with E-state index in [0.29, 0.717) is 34.8 Å². The molecule has 1 aliphatic rings. The number of nitrogens with zero attached hydrogens (tertiary/aromatic N) is 6. The zero-order valence-corrected chi connectivity index (χ0v) is 21.7. The second-order valence-corrected chi connectivity index (χ2v) is 9.58. The maximum atomic E-state index is 13.6. The second kappa shape index (κ2) is 11.7. The van der Waals surface area contributed by atoms with Gasteiger partial charge in [0, 0.05) is 24.3 Å². The molecule has 4 rings (SSSR count). The smallest absolute Gasteiger partial charge is 0.251 e. The first-order chi connectivity index (χ1) is 17.4. The molecule has 4 heterocycles. The molecule has 0 bridgehead atoms. The number of amides is 1. The molecule has 8 nitrogen and oxygen atoms in total. The number of hydrogen-bond acceptors (Lipinski definition) is 7. The van der Waals surface area contributed by atoms with Gasteiger partial charge in [-0.15, -0.1) is 0 Å². The van der Waals surface area contributed by atoms with E-state index >= 15 is 0 Å². The number of rotatable bonds is 11.